The van der Waals surface area contributed by atoms with Gasteiger partial charge < -0.3 is 19.9 Å². The zero-order chi connectivity index (χ0) is 21.8. The van der Waals surface area contributed by atoms with Gasteiger partial charge in [0.15, 0.2) is 0 Å². The topological polar surface area (TPSA) is 127 Å². The molecule has 0 aliphatic carbocycles. The molecule has 1 amide bonds. The van der Waals surface area contributed by atoms with Crippen LogP contribution in [0.5, 0.6) is 0 Å². The minimum Gasteiger partial charge on any atom is -0.450 e. The van der Waals surface area contributed by atoms with Crippen molar-refractivity contribution in [2.24, 2.45) is 0 Å². The number of carbonyl (C=O) groups is 1. The van der Waals surface area contributed by atoms with E-state index in [1.54, 1.807) is 29.0 Å². The van der Waals surface area contributed by atoms with E-state index < -0.39 is 4.92 Å². The number of piperazine rings is 1. The van der Waals surface area contributed by atoms with Crippen molar-refractivity contribution in [1.29, 1.82) is 0 Å². The first-order chi connectivity index (χ1) is 15.1. The molecule has 1 fully saturated rings. The van der Waals surface area contributed by atoms with Gasteiger partial charge in [-0.3, -0.25) is 15.1 Å². The van der Waals surface area contributed by atoms with E-state index in [1.807, 2.05) is 24.3 Å². The number of nitrogens with zero attached hydrogens (tertiary/aromatic N) is 6. The van der Waals surface area contributed by atoms with Gasteiger partial charge in [0.25, 0.3) is 0 Å². The average molecular weight is 423 g/mol. The Morgan fingerprint density at radius 1 is 1.16 bits per heavy atom. The highest BCUT2D eigenvalue weighted by Crippen LogP contribution is 2.35. The lowest BCUT2D eigenvalue weighted by molar-refractivity contribution is -0.383. The number of pyridine rings is 1. The Labute approximate surface area is 177 Å². The molecule has 0 radical (unpaired) electrons. The fourth-order valence-electron chi connectivity index (χ4n) is 3.51. The molecular formula is C20H21N7O4. The SMILES string of the molecule is CCOC(=O)N1CCN(c2ncnc(Nc3cccc4cccnc34)c2[N+](=O)[O-])CC1. The molecule has 2 aromatic heterocycles. The fraction of sp³-hybridized carbons (Fsp3) is 0.300. The van der Waals surface area contributed by atoms with E-state index in [9.17, 15) is 14.9 Å². The second-order valence-corrected chi connectivity index (χ2v) is 6.83. The van der Waals surface area contributed by atoms with Gasteiger partial charge in [-0.25, -0.2) is 14.8 Å². The van der Waals surface area contributed by atoms with Gasteiger partial charge in [-0.05, 0) is 19.1 Å². The monoisotopic (exact) mass is 423 g/mol. The normalized spacial score (nSPS) is 13.8. The largest absolute Gasteiger partial charge is 0.450 e. The standard InChI is InChI=1S/C20H21N7O4/c1-2-31-20(28)26-11-9-25(10-12-26)19-17(27(29)30)18(22-13-23-19)24-15-7-3-5-14-6-4-8-21-16(14)15/h3-8,13H,2,9-12H2,1H3,(H,22,23,24). The van der Waals surface area contributed by atoms with Crippen molar-refractivity contribution in [2.75, 3.05) is 43.0 Å². The molecule has 0 atom stereocenters. The summed E-state index contributed by atoms with van der Waals surface area (Å²) in [6.45, 7) is 3.61. The number of rotatable bonds is 5. The molecule has 4 rings (SSSR count). The van der Waals surface area contributed by atoms with Gasteiger partial charge in [0.2, 0.25) is 11.6 Å². The number of hydrogen-bond donors (Lipinski definition) is 1. The number of nitrogens with one attached hydrogen (secondary N) is 1. The summed E-state index contributed by atoms with van der Waals surface area (Å²) in [5, 5.41) is 15.9. The number of fused-ring (bicyclic) bond motifs is 1. The molecule has 160 valence electrons. The van der Waals surface area contributed by atoms with E-state index in [-0.39, 0.29) is 23.4 Å². The average Bonchev–Trinajstić information content (AvgIpc) is 2.79. The first-order valence-electron chi connectivity index (χ1n) is 9.85. The highest BCUT2D eigenvalue weighted by atomic mass is 16.6. The predicted octanol–water partition coefficient (Wildman–Crippen LogP) is 2.96. The molecule has 1 N–H and O–H groups in total. The molecule has 11 nitrogen and oxygen atoms in total. The van der Waals surface area contributed by atoms with Crippen molar-refractivity contribution in [3.8, 4) is 0 Å². The molecule has 0 unspecified atom stereocenters. The third-order valence-corrected chi connectivity index (χ3v) is 4.98. The van der Waals surface area contributed by atoms with Crippen LogP contribution in [-0.4, -0.2) is 63.7 Å². The van der Waals surface area contributed by atoms with Gasteiger partial charge in [-0.15, -0.1) is 0 Å². The molecule has 0 spiro atoms. The molecule has 0 bridgehead atoms. The van der Waals surface area contributed by atoms with Crippen molar-refractivity contribution in [2.45, 2.75) is 6.92 Å². The second kappa shape index (κ2) is 8.78. The van der Waals surface area contributed by atoms with E-state index in [0.717, 1.165) is 5.39 Å². The number of anilines is 3. The van der Waals surface area contributed by atoms with Crippen LogP contribution >= 0.6 is 0 Å². The van der Waals surface area contributed by atoms with Crippen LogP contribution in [0.15, 0.2) is 42.9 Å². The summed E-state index contributed by atoms with van der Waals surface area (Å²) in [5.74, 6) is 0.292. The molecule has 31 heavy (non-hydrogen) atoms. The lowest BCUT2D eigenvalue weighted by Crippen LogP contribution is -2.49. The summed E-state index contributed by atoms with van der Waals surface area (Å²) < 4.78 is 5.02. The maximum absolute atomic E-state index is 12.0. The number of benzene rings is 1. The number of ether oxygens (including phenoxy) is 1. The maximum Gasteiger partial charge on any atom is 0.409 e. The summed E-state index contributed by atoms with van der Waals surface area (Å²) in [6, 6.07) is 9.29. The van der Waals surface area contributed by atoms with Gasteiger partial charge in [-0.2, -0.15) is 0 Å². The van der Waals surface area contributed by atoms with Crippen LogP contribution in [0.1, 0.15) is 6.92 Å². The Bertz CT molecular complexity index is 1110. The van der Waals surface area contributed by atoms with Gasteiger partial charge in [0.1, 0.15) is 6.33 Å². The summed E-state index contributed by atoms with van der Waals surface area (Å²) >= 11 is 0. The molecule has 0 saturated carbocycles. The lowest BCUT2D eigenvalue weighted by Gasteiger charge is -2.34. The zero-order valence-electron chi connectivity index (χ0n) is 16.9. The summed E-state index contributed by atoms with van der Waals surface area (Å²) in [7, 11) is 0. The van der Waals surface area contributed by atoms with Crippen LogP contribution in [0, 0.1) is 10.1 Å². The quantitative estimate of drug-likeness (QED) is 0.487. The van der Waals surface area contributed by atoms with Gasteiger partial charge in [-0.1, -0.05) is 18.2 Å². The van der Waals surface area contributed by atoms with Crippen molar-refractivity contribution in [1.82, 2.24) is 19.9 Å². The summed E-state index contributed by atoms with van der Waals surface area (Å²) in [4.78, 5) is 39.4. The number of aromatic nitrogens is 3. The second-order valence-electron chi connectivity index (χ2n) is 6.83. The number of carbonyl (C=O) groups excluding carboxylic acids is 1. The van der Waals surface area contributed by atoms with Crippen LogP contribution in [-0.2, 0) is 4.74 Å². The van der Waals surface area contributed by atoms with Crippen molar-refractivity contribution in [3.63, 3.8) is 0 Å². The van der Waals surface area contributed by atoms with Crippen LogP contribution in [0.3, 0.4) is 0 Å². The number of para-hydroxylation sites is 1. The number of amides is 1. The molecule has 1 aliphatic rings. The smallest absolute Gasteiger partial charge is 0.409 e. The Hall–Kier alpha value is -4.02. The van der Waals surface area contributed by atoms with Crippen molar-refractivity contribution >= 4 is 40.0 Å². The Kier molecular flexibility index (Phi) is 5.74. The van der Waals surface area contributed by atoms with Crippen molar-refractivity contribution < 1.29 is 14.5 Å². The minimum atomic E-state index is -0.492. The van der Waals surface area contributed by atoms with E-state index in [2.05, 4.69) is 20.3 Å². The van der Waals surface area contributed by atoms with Gasteiger partial charge >= 0.3 is 11.8 Å². The number of nitro groups is 1. The van der Waals surface area contributed by atoms with Gasteiger partial charge in [0.05, 0.1) is 22.7 Å². The van der Waals surface area contributed by atoms with Crippen LogP contribution in [0.2, 0.25) is 0 Å². The molecular weight excluding hydrogens is 402 g/mol. The first kappa shape index (κ1) is 20.3. The molecule has 1 aromatic carbocycles. The van der Waals surface area contributed by atoms with Crippen LogP contribution in [0.4, 0.5) is 27.8 Å². The van der Waals surface area contributed by atoms with Gasteiger partial charge in [0, 0.05) is 37.8 Å². The zero-order valence-corrected chi connectivity index (χ0v) is 16.9. The van der Waals surface area contributed by atoms with E-state index >= 15 is 0 Å². The lowest BCUT2D eigenvalue weighted by atomic mass is 10.2. The summed E-state index contributed by atoms with van der Waals surface area (Å²) in [6.07, 6.45) is 2.57. The third kappa shape index (κ3) is 4.15. The minimum absolute atomic E-state index is 0.0842. The fourth-order valence-corrected chi connectivity index (χ4v) is 3.51. The predicted molar refractivity (Wildman–Crippen MR) is 115 cm³/mol. The molecule has 1 aliphatic heterocycles. The highest BCUT2D eigenvalue weighted by Gasteiger charge is 2.31. The Balaban J connectivity index is 1.62. The third-order valence-electron chi connectivity index (χ3n) is 4.98. The highest BCUT2D eigenvalue weighted by molar-refractivity contribution is 5.92. The van der Waals surface area contributed by atoms with Crippen LogP contribution in [0.25, 0.3) is 10.9 Å². The van der Waals surface area contributed by atoms with Crippen LogP contribution < -0.4 is 10.2 Å². The first-order valence-corrected chi connectivity index (χ1v) is 9.85. The Morgan fingerprint density at radius 3 is 2.68 bits per heavy atom. The number of hydrogen-bond acceptors (Lipinski definition) is 9. The maximum atomic E-state index is 12.0. The van der Waals surface area contributed by atoms with Crippen molar-refractivity contribution in [3.05, 3.63) is 53.0 Å². The van der Waals surface area contributed by atoms with E-state index in [0.29, 0.717) is 44.0 Å². The molecule has 11 heteroatoms. The molecule has 3 aromatic rings. The molecule has 1 saturated heterocycles. The van der Waals surface area contributed by atoms with E-state index in [4.69, 9.17) is 4.74 Å². The Morgan fingerprint density at radius 2 is 1.94 bits per heavy atom. The summed E-state index contributed by atoms with van der Waals surface area (Å²) in [5.41, 5.74) is 1.07. The molecule has 3 heterocycles. The van der Waals surface area contributed by atoms with E-state index in [1.165, 1.54) is 6.33 Å².